The molecule has 3 rings (SSSR count). The van der Waals surface area contributed by atoms with Crippen molar-refractivity contribution >= 4 is 27.3 Å². The number of para-hydroxylation sites is 1. The summed E-state index contributed by atoms with van der Waals surface area (Å²) in [6, 6.07) is 12.2. The van der Waals surface area contributed by atoms with Crippen molar-refractivity contribution in [2.24, 2.45) is 5.92 Å². The molecule has 19 heavy (non-hydrogen) atoms. The minimum absolute atomic E-state index is 0.177. The molecule has 2 unspecified atom stereocenters. The van der Waals surface area contributed by atoms with Gasteiger partial charge in [-0.3, -0.25) is 0 Å². The van der Waals surface area contributed by atoms with Crippen LogP contribution in [0, 0.1) is 5.92 Å². The molecule has 1 aliphatic heterocycles. The standard InChI is InChI=1S/C15H15BrO2S/c16-15-6-5-12(19-15)8-13(17)11-7-10-3-1-2-4-14(10)18-9-11/h1-6,11,13,17H,7-9H2. The molecule has 0 aliphatic carbocycles. The van der Waals surface area contributed by atoms with Crippen molar-refractivity contribution in [2.75, 3.05) is 6.61 Å². The molecule has 1 aromatic carbocycles. The zero-order valence-electron chi connectivity index (χ0n) is 10.4. The molecule has 0 spiro atoms. The number of aliphatic hydroxyl groups excluding tert-OH is 1. The summed E-state index contributed by atoms with van der Waals surface area (Å²) >= 11 is 5.13. The Morgan fingerprint density at radius 3 is 2.95 bits per heavy atom. The Morgan fingerprint density at radius 2 is 2.16 bits per heavy atom. The molecule has 0 amide bonds. The van der Waals surface area contributed by atoms with Gasteiger partial charge in [-0.15, -0.1) is 11.3 Å². The summed E-state index contributed by atoms with van der Waals surface area (Å²) in [6.45, 7) is 0.602. The van der Waals surface area contributed by atoms with Crippen molar-refractivity contribution in [1.82, 2.24) is 0 Å². The maximum absolute atomic E-state index is 10.4. The van der Waals surface area contributed by atoms with Gasteiger partial charge in [-0.05, 0) is 46.1 Å². The highest BCUT2D eigenvalue weighted by molar-refractivity contribution is 9.11. The van der Waals surface area contributed by atoms with Crippen molar-refractivity contribution in [3.05, 3.63) is 50.6 Å². The van der Waals surface area contributed by atoms with Crippen LogP contribution in [0.4, 0.5) is 0 Å². The SMILES string of the molecule is OC(Cc1ccc(Br)s1)C1COc2ccccc2C1. The Bertz CT molecular complexity index is 567. The van der Waals surface area contributed by atoms with Gasteiger partial charge in [-0.1, -0.05) is 18.2 Å². The van der Waals surface area contributed by atoms with Gasteiger partial charge in [0.1, 0.15) is 5.75 Å². The van der Waals surface area contributed by atoms with Crippen molar-refractivity contribution in [1.29, 1.82) is 0 Å². The summed E-state index contributed by atoms with van der Waals surface area (Å²) in [7, 11) is 0. The first-order valence-electron chi connectivity index (χ1n) is 6.35. The van der Waals surface area contributed by atoms with Crippen LogP contribution in [0.15, 0.2) is 40.2 Å². The average Bonchev–Trinajstić information content (AvgIpc) is 2.83. The molecule has 2 nitrogen and oxygen atoms in total. The van der Waals surface area contributed by atoms with Crippen molar-refractivity contribution in [3.63, 3.8) is 0 Å². The number of rotatable bonds is 3. The number of halogens is 1. The van der Waals surface area contributed by atoms with Crippen LogP contribution >= 0.6 is 27.3 Å². The van der Waals surface area contributed by atoms with Gasteiger partial charge in [-0.2, -0.15) is 0 Å². The number of benzene rings is 1. The first kappa shape index (κ1) is 13.2. The third-order valence-electron chi connectivity index (χ3n) is 3.49. The minimum Gasteiger partial charge on any atom is -0.493 e. The number of hydrogen-bond donors (Lipinski definition) is 1. The Kier molecular flexibility index (Phi) is 3.91. The van der Waals surface area contributed by atoms with E-state index in [0.717, 1.165) is 16.0 Å². The summed E-state index contributed by atoms with van der Waals surface area (Å²) in [5.74, 6) is 1.14. The molecule has 2 aromatic rings. The molecule has 1 aromatic heterocycles. The molecule has 2 atom stereocenters. The third-order valence-corrected chi connectivity index (χ3v) is 5.14. The first-order chi connectivity index (χ1) is 9.22. The van der Waals surface area contributed by atoms with E-state index in [1.165, 1.54) is 10.4 Å². The Morgan fingerprint density at radius 1 is 1.32 bits per heavy atom. The minimum atomic E-state index is -0.348. The summed E-state index contributed by atoms with van der Waals surface area (Å²) in [6.07, 6.45) is 1.25. The van der Waals surface area contributed by atoms with Gasteiger partial charge in [0.25, 0.3) is 0 Å². The molecule has 0 radical (unpaired) electrons. The van der Waals surface area contributed by atoms with E-state index in [2.05, 4.69) is 28.1 Å². The van der Waals surface area contributed by atoms with Gasteiger partial charge in [-0.25, -0.2) is 0 Å². The molecule has 4 heteroatoms. The van der Waals surface area contributed by atoms with Gasteiger partial charge >= 0.3 is 0 Å². The smallest absolute Gasteiger partial charge is 0.122 e. The van der Waals surface area contributed by atoms with E-state index < -0.39 is 0 Å². The second kappa shape index (κ2) is 5.65. The number of ether oxygens (including phenoxy) is 1. The third kappa shape index (κ3) is 3.02. The summed E-state index contributed by atoms with van der Waals surface area (Å²) in [4.78, 5) is 1.21. The molecular formula is C15H15BrO2S. The topological polar surface area (TPSA) is 29.5 Å². The van der Waals surface area contributed by atoms with Crippen LogP contribution in [0.1, 0.15) is 10.4 Å². The van der Waals surface area contributed by atoms with Crippen LogP contribution in [0.25, 0.3) is 0 Å². The highest BCUT2D eigenvalue weighted by Gasteiger charge is 2.26. The molecule has 0 saturated carbocycles. The van der Waals surface area contributed by atoms with E-state index in [4.69, 9.17) is 4.74 Å². The average molecular weight is 339 g/mol. The molecule has 2 heterocycles. The predicted octanol–water partition coefficient (Wildman–Crippen LogP) is 3.67. The molecule has 0 fully saturated rings. The van der Waals surface area contributed by atoms with Gasteiger partial charge in [0.05, 0.1) is 16.5 Å². The number of hydrogen-bond acceptors (Lipinski definition) is 3. The van der Waals surface area contributed by atoms with E-state index in [0.29, 0.717) is 13.0 Å². The Balaban J connectivity index is 1.67. The lowest BCUT2D eigenvalue weighted by Crippen LogP contribution is -2.32. The first-order valence-corrected chi connectivity index (χ1v) is 7.96. The molecule has 0 saturated heterocycles. The van der Waals surface area contributed by atoms with E-state index in [-0.39, 0.29) is 12.0 Å². The molecule has 100 valence electrons. The molecular weight excluding hydrogens is 324 g/mol. The fourth-order valence-corrected chi connectivity index (χ4v) is 3.97. The zero-order chi connectivity index (χ0) is 13.2. The second-order valence-corrected chi connectivity index (χ2v) is 7.41. The quantitative estimate of drug-likeness (QED) is 0.925. The maximum Gasteiger partial charge on any atom is 0.122 e. The Labute approximate surface area is 125 Å². The van der Waals surface area contributed by atoms with Crippen molar-refractivity contribution < 1.29 is 9.84 Å². The number of fused-ring (bicyclic) bond motifs is 1. The van der Waals surface area contributed by atoms with Gasteiger partial charge < -0.3 is 9.84 Å². The molecule has 1 N–H and O–H groups in total. The Hall–Kier alpha value is -0.840. The summed E-state index contributed by atoms with van der Waals surface area (Å²) in [5.41, 5.74) is 1.20. The summed E-state index contributed by atoms with van der Waals surface area (Å²) < 4.78 is 6.85. The van der Waals surface area contributed by atoms with Gasteiger partial charge in [0.2, 0.25) is 0 Å². The lowest BCUT2D eigenvalue weighted by atomic mass is 9.90. The fourth-order valence-electron chi connectivity index (χ4n) is 2.43. The van der Waals surface area contributed by atoms with Crippen molar-refractivity contribution in [2.45, 2.75) is 18.9 Å². The lowest BCUT2D eigenvalue weighted by Gasteiger charge is -2.28. The lowest BCUT2D eigenvalue weighted by molar-refractivity contribution is 0.0658. The second-order valence-electron chi connectivity index (χ2n) is 4.86. The maximum atomic E-state index is 10.4. The zero-order valence-corrected chi connectivity index (χ0v) is 12.8. The highest BCUT2D eigenvalue weighted by atomic mass is 79.9. The van der Waals surface area contributed by atoms with Gasteiger partial charge in [0, 0.05) is 17.2 Å². The van der Waals surface area contributed by atoms with E-state index in [9.17, 15) is 5.11 Å². The fraction of sp³-hybridized carbons (Fsp3) is 0.333. The van der Waals surface area contributed by atoms with E-state index in [1.807, 2.05) is 24.3 Å². The van der Waals surface area contributed by atoms with Gasteiger partial charge in [0.15, 0.2) is 0 Å². The van der Waals surface area contributed by atoms with Crippen LogP contribution in [0.3, 0.4) is 0 Å². The number of aliphatic hydroxyl groups is 1. The monoisotopic (exact) mass is 338 g/mol. The highest BCUT2D eigenvalue weighted by Crippen LogP contribution is 2.30. The van der Waals surface area contributed by atoms with Crippen LogP contribution in [0.2, 0.25) is 0 Å². The van der Waals surface area contributed by atoms with Crippen LogP contribution in [-0.2, 0) is 12.8 Å². The van der Waals surface area contributed by atoms with Crippen molar-refractivity contribution in [3.8, 4) is 5.75 Å². The van der Waals surface area contributed by atoms with E-state index in [1.54, 1.807) is 11.3 Å². The normalized spacial score (nSPS) is 19.6. The predicted molar refractivity (Wildman–Crippen MR) is 80.9 cm³/mol. The van der Waals surface area contributed by atoms with Crippen LogP contribution in [-0.4, -0.2) is 17.8 Å². The largest absolute Gasteiger partial charge is 0.493 e. The summed E-state index contributed by atoms with van der Waals surface area (Å²) in [5, 5.41) is 10.4. The number of thiophene rings is 1. The molecule has 0 bridgehead atoms. The van der Waals surface area contributed by atoms with Crippen LogP contribution < -0.4 is 4.74 Å². The van der Waals surface area contributed by atoms with Crippen LogP contribution in [0.5, 0.6) is 5.75 Å². The van der Waals surface area contributed by atoms with E-state index >= 15 is 0 Å². The molecule has 1 aliphatic rings.